The number of aromatic nitrogens is 3. The molecule has 0 saturated heterocycles. The van der Waals surface area contributed by atoms with Crippen molar-refractivity contribution in [3.63, 3.8) is 0 Å². The molecule has 0 unspecified atom stereocenters. The highest BCUT2D eigenvalue weighted by Gasteiger charge is 2.38. The summed E-state index contributed by atoms with van der Waals surface area (Å²) in [6.45, 7) is 0. The molecule has 0 bridgehead atoms. The van der Waals surface area contributed by atoms with Crippen molar-refractivity contribution in [2.24, 2.45) is 7.05 Å². The van der Waals surface area contributed by atoms with Crippen molar-refractivity contribution in [1.82, 2.24) is 20.1 Å². The molecular weight excluding hydrogens is 312 g/mol. The van der Waals surface area contributed by atoms with E-state index in [4.69, 9.17) is 4.84 Å². The minimum Gasteiger partial charge on any atom is -0.324 e. The van der Waals surface area contributed by atoms with Crippen LogP contribution < -0.4 is 0 Å². The third-order valence-electron chi connectivity index (χ3n) is 3.78. The highest BCUT2D eigenvalue weighted by Crippen LogP contribution is 2.23. The first-order chi connectivity index (χ1) is 11.6. The van der Waals surface area contributed by atoms with Crippen LogP contribution in [-0.2, 0) is 11.9 Å². The minimum absolute atomic E-state index is 0.185. The molecule has 0 atom stereocenters. The Morgan fingerprint density at radius 3 is 2.38 bits per heavy atom. The maximum Gasteiger partial charge on any atom is 0.364 e. The van der Waals surface area contributed by atoms with Gasteiger partial charge in [-0.2, -0.15) is 0 Å². The Kier molecular flexibility index (Phi) is 2.92. The Morgan fingerprint density at radius 2 is 1.71 bits per heavy atom. The first-order valence-corrected chi connectivity index (χ1v) is 7.06. The summed E-state index contributed by atoms with van der Waals surface area (Å²) >= 11 is 0. The molecule has 8 nitrogen and oxygen atoms in total. The topological polar surface area (TPSA) is 94.4 Å². The molecule has 0 aliphatic carbocycles. The number of nitrogens with zero attached hydrogens (tertiary/aromatic N) is 4. The van der Waals surface area contributed by atoms with Crippen LogP contribution in [0.5, 0.6) is 0 Å². The minimum atomic E-state index is -0.812. The monoisotopic (exact) mass is 322 g/mol. The van der Waals surface area contributed by atoms with Gasteiger partial charge in [-0.25, -0.2) is 9.48 Å². The predicted molar refractivity (Wildman–Crippen MR) is 80.9 cm³/mol. The van der Waals surface area contributed by atoms with Crippen LogP contribution in [0.2, 0.25) is 0 Å². The second kappa shape index (κ2) is 4.98. The summed E-state index contributed by atoms with van der Waals surface area (Å²) in [5, 5.41) is 8.25. The largest absolute Gasteiger partial charge is 0.364 e. The first-order valence-electron chi connectivity index (χ1n) is 7.06. The second-order valence-corrected chi connectivity index (χ2v) is 5.25. The Balaban J connectivity index is 1.63. The van der Waals surface area contributed by atoms with E-state index in [1.54, 1.807) is 25.2 Å². The van der Waals surface area contributed by atoms with Crippen LogP contribution in [-0.4, -0.2) is 37.8 Å². The van der Waals surface area contributed by atoms with E-state index >= 15 is 0 Å². The molecule has 0 saturated carbocycles. The third kappa shape index (κ3) is 1.97. The van der Waals surface area contributed by atoms with Crippen molar-refractivity contribution in [2.45, 2.75) is 0 Å². The fraction of sp³-hybridized carbons (Fsp3) is 0.0625. The van der Waals surface area contributed by atoms with Gasteiger partial charge >= 0.3 is 5.97 Å². The Labute approximate surface area is 135 Å². The molecule has 0 radical (unpaired) electrons. The number of amides is 2. The average molecular weight is 322 g/mol. The molecule has 0 spiro atoms. The number of hydroxylamine groups is 2. The Hall–Kier alpha value is -3.55. The quantitative estimate of drug-likeness (QED) is 0.661. The molecule has 4 rings (SSSR count). The number of aryl methyl sites for hydroxylation is 1. The van der Waals surface area contributed by atoms with Gasteiger partial charge in [0.2, 0.25) is 0 Å². The first kappa shape index (κ1) is 14.1. The van der Waals surface area contributed by atoms with Crippen LogP contribution in [0.1, 0.15) is 31.1 Å². The zero-order valence-corrected chi connectivity index (χ0v) is 12.5. The number of imide groups is 1. The van der Waals surface area contributed by atoms with E-state index in [-0.39, 0.29) is 16.7 Å². The SMILES string of the molecule is Cn1nnc2ccc(C(=O)ON3C(=O)c4ccccc4C3=O)cc21. The summed E-state index contributed by atoms with van der Waals surface area (Å²) in [5.41, 5.74) is 1.86. The molecule has 8 heteroatoms. The second-order valence-electron chi connectivity index (χ2n) is 5.25. The van der Waals surface area contributed by atoms with Crippen molar-refractivity contribution in [1.29, 1.82) is 0 Å². The van der Waals surface area contributed by atoms with Crippen LogP contribution in [0.25, 0.3) is 11.0 Å². The van der Waals surface area contributed by atoms with Gasteiger partial charge in [0.25, 0.3) is 11.8 Å². The maximum atomic E-state index is 12.3. The zero-order chi connectivity index (χ0) is 16.8. The number of carbonyl (C=O) groups is 3. The highest BCUT2D eigenvalue weighted by atomic mass is 16.7. The number of benzene rings is 2. The molecule has 2 heterocycles. The van der Waals surface area contributed by atoms with E-state index in [0.29, 0.717) is 16.1 Å². The smallest absolute Gasteiger partial charge is 0.324 e. The molecular formula is C16H10N4O4. The molecule has 2 amide bonds. The van der Waals surface area contributed by atoms with E-state index in [2.05, 4.69) is 10.3 Å². The van der Waals surface area contributed by atoms with E-state index in [1.165, 1.54) is 28.9 Å². The lowest BCUT2D eigenvalue weighted by atomic mass is 10.1. The molecule has 118 valence electrons. The van der Waals surface area contributed by atoms with Gasteiger partial charge in [0.15, 0.2) is 0 Å². The lowest BCUT2D eigenvalue weighted by molar-refractivity contribution is -0.0584. The zero-order valence-electron chi connectivity index (χ0n) is 12.5. The number of fused-ring (bicyclic) bond motifs is 2. The van der Waals surface area contributed by atoms with Crippen molar-refractivity contribution in [2.75, 3.05) is 0 Å². The van der Waals surface area contributed by atoms with Gasteiger partial charge in [-0.05, 0) is 30.3 Å². The fourth-order valence-electron chi connectivity index (χ4n) is 2.54. The summed E-state index contributed by atoms with van der Waals surface area (Å²) in [7, 11) is 1.69. The summed E-state index contributed by atoms with van der Waals surface area (Å²) in [6.07, 6.45) is 0. The average Bonchev–Trinajstić information content (AvgIpc) is 3.08. The molecule has 1 aromatic heterocycles. The van der Waals surface area contributed by atoms with Crippen molar-refractivity contribution in [3.8, 4) is 0 Å². The lowest BCUT2D eigenvalue weighted by Gasteiger charge is -2.12. The normalized spacial score (nSPS) is 13.5. The van der Waals surface area contributed by atoms with Crippen LogP contribution >= 0.6 is 0 Å². The van der Waals surface area contributed by atoms with E-state index < -0.39 is 17.8 Å². The standard InChI is InChI=1S/C16H10N4O4/c1-19-13-8-9(6-7-12(13)17-18-19)16(23)24-20-14(21)10-4-2-3-5-11(10)15(20)22/h2-8H,1H3. The van der Waals surface area contributed by atoms with Crippen molar-refractivity contribution >= 4 is 28.8 Å². The number of hydrogen-bond acceptors (Lipinski definition) is 6. The van der Waals surface area contributed by atoms with Gasteiger partial charge in [0, 0.05) is 7.05 Å². The van der Waals surface area contributed by atoms with E-state index in [9.17, 15) is 14.4 Å². The molecule has 0 fully saturated rings. The number of carbonyl (C=O) groups excluding carboxylic acids is 3. The maximum absolute atomic E-state index is 12.3. The van der Waals surface area contributed by atoms with Crippen LogP contribution in [0.4, 0.5) is 0 Å². The van der Waals surface area contributed by atoms with Gasteiger partial charge < -0.3 is 4.84 Å². The Morgan fingerprint density at radius 1 is 1.04 bits per heavy atom. The summed E-state index contributed by atoms with van der Waals surface area (Å²) in [6, 6.07) is 10.9. The molecule has 0 N–H and O–H groups in total. The Bertz CT molecular complexity index is 989. The van der Waals surface area contributed by atoms with E-state index in [1.807, 2.05) is 0 Å². The molecule has 1 aliphatic rings. The van der Waals surface area contributed by atoms with Crippen LogP contribution in [0.15, 0.2) is 42.5 Å². The van der Waals surface area contributed by atoms with Gasteiger partial charge in [-0.15, -0.1) is 5.10 Å². The third-order valence-corrected chi connectivity index (χ3v) is 3.78. The fourth-order valence-corrected chi connectivity index (χ4v) is 2.54. The molecule has 2 aromatic carbocycles. The molecule has 3 aromatic rings. The number of hydrogen-bond donors (Lipinski definition) is 0. The predicted octanol–water partition coefficient (Wildman–Crippen LogP) is 1.34. The van der Waals surface area contributed by atoms with Crippen LogP contribution in [0, 0.1) is 0 Å². The highest BCUT2D eigenvalue weighted by molar-refractivity contribution is 6.21. The van der Waals surface area contributed by atoms with Gasteiger partial charge in [-0.3, -0.25) is 9.59 Å². The van der Waals surface area contributed by atoms with Crippen molar-refractivity contribution in [3.05, 3.63) is 59.2 Å². The van der Waals surface area contributed by atoms with E-state index in [0.717, 1.165) is 0 Å². The van der Waals surface area contributed by atoms with Crippen LogP contribution in [0.3, 0.4) is 0 Å². The van der Waals surface area contributed by atoms with Gasteiger partial charge in [0.05, 0.1) is 22.2 Å². The van der Waals surface area contributed by atoms with Crippen molar-refractivity contribution < 1.29 is 19.2 Å². The summed E-state index contributed by atoms with van der Waals surface area (Å²) in [5.74, 6) is -2.13. The summed E-state index contributed by atoms with van der Waals surface area (Å²) < 4.78 is 1.51. The van der Waals surface area contributed by atoms with Gasteiger partial charge in [0.1, 0.15) is 5.52 Å². The lowest BCUT2D eigenvalue weighted by Crippen LogP contribution is -2.32. The summed E-state index contributed by atoms with van der Waals surface area (Å²) in [4.78, 5) is 41.7. The van der Waals surface area contributed by atoms with Gasteiger partial charge in [-0.1, -0.05) is 22.4 Å². The molecule has 1 aliphatic heterocycles. The molecule has 24 heavy (non-hydrogen) atoms. The number of rotatable bonds is 2.